The standard InChI is InChI=1S/C28H32FN7O4/c1-16-26-23(34-28(30)31-16)14-22(19-8-7-17(29)13-20(19)21-5-4-6-24(32-21)39-3)33-27(26)35-40-15-25(37)36-11-9-18(38-2)10-12-36/h4-8,13,18,22H,9-12,14-15H2,1-3H3,(H,33,35)(H2,30,31,34)/t22-/m1/s1. The van der Waals surface area contributed by atoms with Gasteiger partial charge in [-0.1, -0.05) is 12.1 Å². The first-order valence-corrected chi connectivity index (χ1v) is 13.1. The second kappa shape index (κ2) is 11.9. The molecule has 3 aromatic rings. The van der Waals surface area contributed by atoms with Crippen molar-refractivity contribution < 1.29 is 23.5 Å². The number of hydroxylamine groups is 1. The van der Waals surface area contributed by atoms with E-state index < -0.39 is 11.9 Å². The number of piperidine rings is 1. The van der Waals surface area contributed by atoms with Crippen LogP contribution in [0.5, 0.6) is 5.88 Å². The molecule has 11 nitrogen and oxygen atoms in total. The van der Waals surface area contributed by atoms with Crippen molar-refractivity contribution in [1.29, 1.82) is 0 Å². The number of ether oxygens (including phenoxy) is 2. The molecule has 1 atom stereocenters. The van der Waals surface area contributed by atoms with Crippen molar-refractivity contribution >= 4 is 17.7 Å². The molecule has 0 unspecified atom stereocenters. The molecule has 1 saturated heterocycles. The molecule has 2 aliphatic heterocycles. The van der Waals surface area contributed by atoms with Crippen LogP contribution in [0.2, 0.25) is 0 Å². The summed E-state index contributed by atoms with van der Waals surface area (Å²) >= 11 is 0. The minimum absolute atomic E-state index is 0.134. The molecule has 0 radical (unpaired) electrons. The van der Waals surface area contributed by atoms with E-state index in [1.807, 2.05) is 6.92 Å². The lowest BCUT2D eigenvalue weighted by atomic mass is 9.91. The summed E-state index contributed by atoms with van der Waals surface area (Å²) in [7, 11) is 3.21. The van der Waals surface area contributed by atoms with E-state index in [4.69, 9.17) is 25.0 Å². The first-order chi connectivity index (χ1) is 19.4. The number of amides is 1. The highest BCUT2D eigenvalue weighted by Crippen LogP contribution is 2.36. The van der Waals surface area contributed by atoms with Gasteiger partial charge in [0.2, 0.25) is 11.8 Å². The van der Waals surface area contributed by atoms with Crippen molar-refractivity contribution in [1.82, 2.24) is 25.3 Å². The number of rotatable bonds is 7. The second-order valence-corrected chi connectivity index (χ2v) is 9.69. The monoisotopic (exact) mass is 549 g/mol. The van der Waals surface area contributed by atoms with Gasteiger partial charge in [-0.25, -0.2) is 24.8 Å². The van der Waals surface area contributed by atoms with Crippen LogP contribution in [0.15, 0.2) is 41.4 Å². The molecule has 1 amide bonds. The number of likely N-dealkylation sites (tertiary alicyclic amines) is 1. The Hall–Kier alpha value is -4.16. The van der Waals surface area contributed by atoms with Crippen LogP contribution >= 0.6 is 0 Å². The molecule has 1 fully saturated rings. The number of aromatic nitrogens is 3. The summed E-state index contributed by atoms with van der Waals surface area (Å²) in [5, 5.41) is 0. The molecule has 0 spiro atoms. The van der Waals surface area contributed by atoms with Crippen LogP contribution in [-0.2, 0) is 20.8 Å². The number of nitrogens with one attached hydrogen (secondary N) is 1. The number of amidine groups is 1. The van der Waals surface area contributed by atoms with Crippen molar-refractivity contribution in [3.63, 3.8) is 0 Å². The normalized spacial score (nSPS) is 17.2. The lowest BCUT2D eigenvalue weighted by molar-refractivity contribution is -0.139. The Morgan fingerprint density at radius 2 is 1.95 bits per heavy atom. The van der Waals surface area contributed by atoms with Gasteiger partial charge < -0.3 is 20.1 Å². The van der Waals surface area contributed by atoms with Crippen molar-refractivity contribution in [2.75, 3.05) is 39.6 Å². The summed E-state index contributed by atoms with van der Waals surface area (Å²) in [4.78, 5) is 38.3. The van der Waals surface area contributed by atoms with Gasteiger partial charge in [0.1, 0.15) is 5.82 Å². The first kappa shape index (κ1) is 27.4. The van der Waals surface area contributed by atoms with Gasteiger partial charge in [-0.15, -0.1) is 0 Å². The summed E-state index contributed by atoms with van der Waals surface area (Å²) < 4.78 is 25.1. The quantitative estimate of drug-likeness (QED) is 0.426. The van der Waals surface area contributed by atoms with E-state index in [-0.39, 0.29) is 24.6 Å². The van der Waals surface area contributed by atoms with Crippen LogP contribution in [0.3, 0.4) is 0 Å². The van der Waals surface area contributed by atoms with Crippen LogP contribution in [0.1, 0.15) is 41.4 Å². The Morgan fingerprint density at radius 1 is 1.15 bits per heavy atom. The third-order valence-electron chi connectivity index (χ3n) is 7.17. The minimum Gasteiger partial charge on any atom is -0.481 e. The molecule has 2 aliphatic rings. The topological polar surface area (TPSA) is 137 Å². The highest BCUT2D eigenvalue weighted by Gasteiger charge is 2.29. The average Bonchev–Trinajstić information content (AvgIpc) is 2.96. The smallest absolute Gasteiger partial charge is 0.251 e. The number of aryl methyl sites for hydroxylation is 1. The molecule has 1 aromatic carbocycles. The number of carbonyl (C=O) groups excluding carboxylic acids is 1. The highest BCUT2D eigenvalue weighted by atomic mass is 19.1. The predicted octanol–water partition coefficient (Wildman–Crippen LogP) is 2.78. The van der Waals surface area contributed by atoms with Crippen LogP contribution in [-0.4, -0.2) is 71.6 Å². The highest BCUT2D eigenvalue weighted by molar-refractivity contribution is 6.01. The fourth-order valence-corrected chi connectivity index (χ4v) is 5.14. The van der Waals surface area contributed by atoms with Crippen LogP contribution < -0.4 is 16.0 Å². The molecule has 0 aliphatic carbocycles. The summed E-state index contributed by atoms with van der Waals surface area (Å²) in [5.41, 5.74) is 12.6. The summed E-state index contributed by atoms with van der Waals surface area (Å²) in [6, 6.07) is 9.33. The van der Waals surface area contributed by atoms with E-state index in [0.717, 1.165) is 18.4 Å². The molecular formula is C28H32FN7O4. The van der Waals surface area contributed by atoms with Gasteiger partial charge in [-0.3, -0.25) is 14.6 Å². The summed E-state index contributed by atoms with van der Waals surface area (Å²) in [6.07, 6.45) is 2.14. The maximum atomic E-state index is 14.4. The van der Waals surface area contributed by atoms with Crippen LogP contribution in [0.25, 0.3) is 11.3 Å². The number of halogens is 1. The molecule has 12 heteroatoms. The number of anilines is 1. The van der Waals surface area contributed by atoms with E-state index in [9.17, 15) is 9.18 Å². The maximum Gasteiger partial charge on any atom is 0.251 e. The van der Waals surface area contributed by atoms with Crippen molar-refractivity contribution in [2.24, 2.45) is 4.99 Å². The van der Waals surface area contributed by atoms with Gasteiger partial charge in [0, 0.05) is 38.2 Å². The maximum absolute atomic E-state index is 14.4. The number of nitrogens with two attached hydrogens (primary N) is 1. The Bertz CT molecular complexity index is 1430. The minimum atomic E-state index is -0.473. The van der Waals surface area contributed by atoms with E-state index in [0.29, 0.717) is 59.4 Å². The van der Waals surface area contributed by atoms with Crippen LogP contribution in [0.4, 0.5) is 10.3 Å². The van der Waals surface area contributed by atoms with Crippen LogP contribution in [0, 0.1) is 12.7 Å². The Morgan fingerprint density at radius 3 is 2.70 bits per heavy atom. The Balaban J connectivity index is 1.42. The zero-order valence-electron chi connectivity index (χ0n) is 22.7. The number of hydrogen-bond acceptors (Lipinski definition) is 10. The number of hydrogen-bond donors (Lipinski definition) is 2. The number of methoxy groups -OCH3 is 2. The molecule has 5 rings (SSSR count). The van der Waals surface area contributed by atoms with Gasteiger partial charge in [0.05, 0.1) is 41.9 Å². The van der Waals surface area contributed by atoms with E-state index in [1.165, 1.54) is 19.2 Å². The second-order valence-electron chi connectivity index (χ2n) is 9.69. The Kier molecular flexibility index (Phi) is 8.17. The molecule has 210 valence electrons. The average molecular weight is 550 g/mol. The third-order valence-corrected chi connectivity index (χ3v) is 7.17. The van der Waals surface area contributed by atoms with Gasteiger partial charge in [-0.05, 0) is 43.5 Å². The Labute approximate surface area is 231 Å². The number of aliphatic imine (C=N–C) groups is 1. The fourth-order valence-electron chi connectivity index (χ4n) is 5.14. The van der Waals surface area contributed by atoms with Gasteiger partial charge in [0.25, 0.3) is 5.91 Å². The predicted molar refractivity (Wildman–Crippen MR) is 146 cm³/mol. The zero-order chi connectivity index (χ0) is 28.2. The lowest BCUT2D eigenvalue weighted by Gasteiger charge is -2.31. The largest absolute Gasteiger partial charge is 0.481 e. The molecule has 4 heterocycles. The number of fused-ring (bicyclic) bond motifs is 1. The van der Waals surface area contributed by atoms with E-state index in [1.54, 1.807) is 36.3 Å². The summed E-state index contributed by atoms with van der Waals surface area (Å²) in [5.74, 6) is 0.378. The number of nitrogen functional groups attached to an aromatic ring is 1. The van der Waals surface area contributed by atoms with Crippen molar-refractivity contribution in [2.45, 2.75) is 38.3 Å². The molecule has 0 saturated carbocycles. The number of nitrogens with zero attached hydrogens (tertiary/aromatic N) is 5. The lowest BCUT2D eigenvalue weighted by Crippen LogP contribution is -2.43. The van der Waals surface area contributed by atoms with E-state index >= 15 is 0 Å². The SMILES string of the molecule is COc1cccc(-c2cc(F)ccc2[C@H]2Cc3nc(N)nc(C)c3C(NOCC(=O)N3CCC(OC)CC3)=N2)n1. The molecule has 0 bridgehead atoms. The molecule has 40 heavy (non-hydrogen) atoms. The number of pyridine rings is 1. The fraction of sp³-hybridized carbons (Fsp3) is 0.393. The third kappa shape index (κ3) is 5.87. The van der Waals surface area contributed by atoms with Crippen molar-refractivity contribution in [3.05, 3.63) is 64.7 Å². The summed E-state index contributed by atoms with van der Waals surface area (Å²) in [6.45, 7) is 2.86. The molecule has 2 aromatic heterocycles. The molecule has 3 N–H and O–H groups in total. The van der Waals surface area contributed by atoms with Gasteiger partial charge in [-0.2, -0.15) is 0 Å². The number of carbonyl (C=O) groups is 1. The first-order valence-electron chi connectivity index (χ1n) is 13.1. The zero-order valence-corrected chi connectivity index (χ0v) is 22.7. The number of benzene rings is 1. The molecular weight excluding hydrogens is 517 g/mol. The van der Waals surface area contributed by atoms with E-state index in [2.05, 4.69) is 20.4 Å². The van der Waals surface area contributed by atoms with Gasteiger partial charge >= 0.3 is 0 Å². The van der Waals surface area contributed by atoms with Gasteiger partial charge in [0.15, 0.2) is 12.4 Å². The van der Waals surface area contributed by atoms with Crippen molar-refractivity contribution in [3.8, 4) is 17.1 Å².